The Labute approximate surface area is 112 Å². The van der Waals surface area contributed by atoms with Crippen molar-refractivity contribution >= 4 is 11.6 Å². The molecule has 1 unspecified atom stereocenters. The Bertz CT molecular complexity index is 563. The number of aromatic amines is 1. The predicted octanol–water partition coefficient (Wildman–Crippen LogP) is 2.18. The second-order valence-electron chi connectivity index (χ2n) is 4.50. The van der Waals surface area contributed by atoms with Crippen molar-refractivity contribution in [2.75, 3.05) is 5.73 Å². The SMILES string of the molecule is CCC(NC(=O)c1ccc(C)cc1N)c1ncc[nH]1. The first-order valence-electron chi connectivity index (χ1n) is 6.28. The van der Waals surface area contributed by atoms with Crippen LogP contribution in [0, 0.1) is 6.92 Å². The van der Waals surface area contributed by atoms with E-state index in [-0.39, 0.29) is 11.9 Å². The van der Waals surface area contributed by atoms with E-state index in [9.17, 15) is 4.79 Å². The summed E-state index contributed by atoms with van der Waals surface area (Å²) < 4.78 is 0. The van der Waals surface area contributed by atoms with Crippen LogP contribution in [0.5, 0.6) is 0 Å². The number of carbonyl (C=O) groups is 1. The van der Waals surface area contributed by atoms with Gasteiger partial charge in [-0.3, -0.25) is 4.79 Å². The maximum Gasteiger partial charge on any atom is 0.253 e. The lowest BCUT2D eigenvalue weighted by atomic mass is 10.1. The van der Waals surface area contributed by atoms with E-state index in [2.05, 4.69) is 15.3 Å². The van der Waals surface area contributed by atoms with Gasteiger partial charge in [0.25, 0.3) is 5.91 Å². The zero-order chi connectivity index (χ0) is 13.8. The van der Waals surface area contributed by atoms with Crippen molar-refractivity contribution in [3.63, 3.8) is 0 Å². The summed E-state index contributed by atoms with van der Waals surface area (Å²) in [4.78, 5) is 19.4. The highest BCUT2D eigenvalue weighted by Crippen LogP contribution is 2.17. The molecule has 4 N–H and O–H groups in total. The average molecular weight is 258 g/mol. The van der Waals surface area contributed by atoms with E-state index in [0.717, 1.165) is 17.8 Å². The van der Waals surface area contributed by atoms with Gasteiger partial charge < -0.3 is 16.0 Å². The van der Waals surface area contributed by atoms with Crippen LogP contribution in [0.1, 0.15) is 41.1 Å². The molecule has 19 heavy (non-hydrogen) atoms. The second-order valence-corrected chi connectivity index (χ2v) is 4.50. The van der Waals surface area contributed by atoms with Crippen LogP contribution in [-0.4, -0.2) is 15.9 Å². The Balaban J connectivity index is 2.16. The summed E-state index contributed by atoms with van der Waals surface area (Å²) in [6, 6.07) is 5.28. The molecule has 0 radical (unpaired) electrons. The van der Waals surface area contributed by atoms with Gasteiger partial charge in [-0.05, 0) is 31.0 Å². The smallest absolute Gasteiger partial charge is 0.253 e. The standard InChI is InChI=1S/C14H18N4O/c1-3-12(13-16-6-7-17-13)18-14(19)10-5-4-9(2)8-11(10)15/h4-8,12H,3,15H2,1-2H3,(H,16,17)(H,18,19). The molecule has 0 spiro atoms. The molecule has 5 heteroatoms. The van der Waals surface area contributed by atoms with Gasteiger partial charge in [0.2, 0.25) is 0 Å². The number of hydrogen-bond acceptors (Lipinski definition) is 3. The normalized spacial score (nSPS) is 12.1. The topological polar surface area (TPSA) is 83.8 Å². The van der Waals surface area contributed by atoms with E-state index in [4.69, 9.17) is 5.73 Å². The largest absolute Gasteiger partial charge is 0.398 e. The number of nitrogen functional groups attached to an aromatic ring is 1. The summed E-state index contributed by atoms with van der Waals surface area (Å²) in [5, 5.41) is 2.93. The van der Waals surface area contributed by atoms with E-state index in [0.29, 0.717) is 11.3 Å². The third-order valence-corrected chi connectivity index (χ3v) is 3.01. The molecule has 1 aromatic carbocycles. The van der Waals surface area contributed by atoms with Crippen molar-refractivity contribution < 1.29 is 4.79 Å². The van der Waals surface area contributed by atoms with Crippen LogP contribution in [0.15, 0.2) is 30.6 Å². The molecule has 1 heterocycles. The lowest BCUT2D eigenvalue weighted by Gasteiger charge is -2.15. The van der Waals surface area contributed by atoms with Crippen LogP contribution in [0.25, 0.3) is 0 Å². The van der Waals surface area contributed by atoms with Gasteiger partial charge in [-0.15, -0.1) is 0 Å². The molecule has 1 atom stereocenters. The molecular weight excluding hydrogens is 240 g/mol. The lowest BCUT2D eigenvalue weighted by molar-refractivity contribution is 0.0935. The third kappa shape index (κ3) is 2.93. The fourth-order valence-corrected chi connectivity index (χ4v) is 1.96. The first-order chi connectivity index (χ1) is 9.11. The Morgan fingerprint density at radius 2 is 2.32 bits per heavy atom. The summed E-state index contributed by atoms with van der Waals surface area (Å²) in [5.41, 5.74) is 7.90. The number of amides is 1. The number of carbonyl (C=O) groups excluding carboxylic acids is 1. The molecular formula is C14H18N4O. The first kappa shape index (κ1) is 13.1. The number of rotatable bonds is 4. The highest BCUT2D eigenvalue weighted by molar-refractivity contribution is 5.99. The van der Waals surface area contributed by atoms with Gasteiger partial charge in [-0.2, -0.15) is 0 Å². The van der Waals surface area contributed by atoms with Crippen LogP contribution in [0.4, 0.5) is 5.69 Å². The van der Waals surface area contributed by atoms with Gasteiger partial charge in [-0.25, -0.2) is 4.98 Å². The Morgan fingerprint density at radius 1 is 1.53 bits per heavy atom. The fourth-order valence-electron chi connectivity index (χ4n) is 1.96. The quantitative estimate of drug-likeness (QED) is 0.735. The minimum atomic E-state index is -0.180. The molecule has 0 fully saturated rings. The molecule has 0 aliphatic heterocycles. The average Bonchev–Trinajstić information content (AvgIpc) is 2.89. The number of aromatic nitrogens is 2. The summed E-state index contributed by atoms with van der Waals surface area (Å²) >= 11 is 0. The minimum absolute atomic E-state index is 0.136. The number of anilines is 1. The van der Waals surface area contributed by atoms with Crippen LogP contribution >= 0.6 is 0 Å². The predicted molar refractivity (Wildman–Crippen MR) is 74.7 cm³/mol. The van der Waals surface area contributed by atoms with Crippen molar-refractivity contribution in [2.45, 2.75) is 26.3 Å². The third-order valence-electron chi connectivity index (χ3n) is 3.01. The van der Waals surface area contributed by atoms with Crippen LogP contribution in [0.2, 0.25) is 0 Å². The van der Waals surface area contributed by atoms with Crippen molar-refractivity contribution in [3.8, 4) is 0 Å². The molecule has 2 rings (SSSR count). The van der Waals surface area contributed by atoms with E-state index >= 15 is 0 Å². The molecule has 1 amide bonds. The fraction of sp³-hybridized carbons (Fsp3) is 0.286. The Kier molecular flexibility index (Phi) is 3.85. The number of nitrogens with one attached hydrogen (secondary N) is 2. The Morgan fingerprint density at radius 3 is 2.89 bits per heavy atom. The van der Waals surface area contributed by atoms with Gasteiger partial charge in [0.1, 0.15) is 5.82 Å². The minimum Gasteiger partial charge on any atom is -0.398 e. The number of aryl methyl sites for hydroxylation is 1. The highest BCUT2D eigenvalue weighted by Gasteiger charge is 2.17. The zero-order valence-corrected chi connectivity index (χ0v) is 11.1. The maximum absolute atomic E-state index is 12.2. The molecule has 0 saturated heterocycles. The van der Waals surface area contributed by atoms with Crippen LogP contribution in [-0.2, 0) is 0 Å². The number of nitrogens with zero attached hydrogens (tertiary/aromatic N) is 1. The van der Waals surface area contributed by atoms with E-state index in [1.165, 1.54) is 0 Å². The first-order valence-corrected chi connectivity index (χ1v) is 6.28. The van der Waals surface area contributed by atoms with Crippen molar-refractivity contribution in [1.82, 2.24) is 15.3 Å². The molecule has 0 bridgehead atoms. The molecule has 1 aromatic heterocycles. The molecule has 5 nitrogen and oxygen atoms in total. The maximum atomic E-state index is 12.2. The molecule has 0 saturated carbocycles. The van der Waals surface area contributed by atoms with Crippen molar-refractivity contribution in [1.29, 1.82) is 0 Å². The van der Waals surface area contributed by atoms with Crippen LogP contribution < -0.4 is 11.1 Å². The number of imidazole rings is 1. The molecule has 0 aliphatic rings. The van der Waals surface area contributed by atoms with Crippen molar-refractivity contribution in [3.05, 3.63) is 47.5 Å². The van der Waals surface area contributed by atoms with Crippen molar-refractivity contribution in [2.24, 2.45) is 0 Å². The second kappa shape index (κ2) is 5.56. The number of nitrogens with two attached hydrogens (primary N) is 1. The highest BCUT2D eigenvalue weighted by atomic mass is 16.1. The van der Waals surface area contributed by atoms with E-state index < -0.39 is 0 Å². The Hall–Kier alpha value is -2.30. The van der Waals surface area contributed by atoms with Gasteiger partial charge in [0.05, 0.1) is 11.6 Å². The summed E-state index contributed by atoms with van der Waals surface area (Å²) in [6.45, 7) is 3.93. The van der Waals surface area contributed by atoms with E-state index in [1.54, 1.807) is 24.5 Å². The molecule has 2 aromatic rings. The van der Waals surface area contributed by atoms with E-state index in [1.807, 2.05) is 19.9 Å². The summed E-state index contributed by atoms with van der Waals surface area (Å²) in [5.74, 6) is 0.572. The number of H-pyrrole nitrogens is 1. The molecule has 0 aliphatic carbocycles. The summed E-state index contributed by atoms with van der Waals surface area (Å²) in [7, 11) is 0. The van der Waals surface area contributed by atoms with Gasteiger partial charge in [0, 0.05) is 18.1 Å². The zero-order valence-electron chi connectivity index (χ0n) is 11.1. The summed E-state index contributed by atoms with van der Waals surface area (Å²) in [6.07, 6.45) is 4.17. The van der Waals surface area contributed by atoms with Gasteiger partial charge in [0.15, 0.2) is 0 Å². The number of hydrogen-bond donors (Lipinski definition) is 3. The van der Waals surface area contributed by atoms with Crippen LogP contribution in [0.3, 0.4) is 0 Å². The monoisotopic (exact) mass is 258 g/mol. The lowest BCUT2D eigenvalue weighted by Crippen LogP contribution is -2.29. The molecule has 100 valence electrons. The number of benzene rings is 1. The van der Waals surface area contributed by atoms with Gasteiger partial charge >= 0.3 is 0 Å². The van der Waals surface area contributed by atoms with Gasteiger partial charge in [-0.1, -0.05) is 13.0 Å².